The molecule has 0 unspecified atom stereocenters. The number of benzene rings is 1. The molecule has 0 heterocycles. The molecule has 1 aromatic carbocycles. The molecule has 0 atom stereocenters. The van der Waals surface area contributed by atoms with Crippen molar-refractivity contribution in [3.63, 3.8) is 0 Å². The van der Waals surface area contributed by atoms with Crippen molar-refractivity contribution in [2.24, 2.45) is 0 Å². The van der Waals surface area contributed by atoms with Gasteiger partial charge in [-0.1, -0.05) is 6.07 Å². The minimum atomic E-state index is -0.833. The van der Waals surface area contributed by atoms with E-state index in [0.717, 1.165) is 18.4 Å². The summed E-state index contributed by atoms with van der Waals surface area (Å²) in [4.78, 5) is 9.00. The fourth-order valence-corrected chi connectivity index (χ4v) is 0.642. The van der Waals surface area contributed by atoms with Crippen LogP contribution in [-0.2, 0) is 4.79 Å². The number of nitrogen functional groups attached to an aromatic ring is 1. The van der Waals surface area contributed by atoms with Gasteiger partial charge in [0, 0.05) is 18.7 Å². The van der Waals surface area contributed by atoms with Gasteiger partial charge < -0.3 is 15.6 Å². The second kappa shape index (κ2) is 5.88. The van der Waals surface area contributed by atoms with Gasteiger partial charge in [0.25, 0.3) is 5.97 Å². The van der Waals surface area contributed by atoms with Gasteiger partial charge in [-0.3, -0.25) is 4.79 Å². The van der Waals surface area contributed by atoms with Crippen LogP contribution in [0.5, 0.6) is 5.75 Å². The molecule has 0 spiro atoms. The van der Waals surface area contributed by atoms with Crippen LogP contribution in [0.4, 0.5) is 5.69 Å². The molecule has 0 saturated heterocycles. The molecule has 0 aromatic heterocycles. The summed E-state index contributed by atoms with van der Waals surface area (Å²) >= 11 is 0. The Kier molecular flexibility index (Phi) is 5.11. The third kappa shape index (κ3) is 6.68. The van der Waals surface area contributed by atoms with E-state index in [0.29, 0.717) is 0 Å². The largest absolute Gasteiger partial charge is 0.497 e. The van der Waals surface area contributed by atoms with Crippen LogP contribution in [0.1, 0.15) is 6.92 Å². The van der Waals surface area contributed by atoms with Crippen LogP contribution < -0.4 is 10.5 Å². The Morgan fingerprint density at radius 1 is 1.54 bits per heavy atom. The van der Waals surface area contributed by atoms with E-state index in [1.54, 1.807) is 13.2 Å². The van der Waals surface area contributed by atoms with Crippen molar-refractivity contribution in [3.05, 3.63) is 24.3 Å². The van der Waals surface area contributed by atoms with E-state index in [2.05, 4.69) is 0 Å². The molecular weight excluding hydrogens is 170 g/mol. The lowest BCUT2D eigenvalue weighted by atomic mass is 10.3. The molecule has 13 heavy (non-hydrogen) atoms. The van der Waals surface area contributed by atoms with E-state index >= 15 is 0 Å². The Morgan fingerprint density at radius 2 is 2.08 bits per heavy atom. The van der Waals surface area contributed by atoms with Crippen LogP contribution in [0.25, 0.3) is 0 Å². The standard InChI is InChI=1S/C7H9NO.C2H4O2/c1-9-7-4-2-3-6(8)5-7;1-2(3)4/h2-5H,8H2,1H3;1H3,(H,3,4). The average Bonchev–Trinajstić information content (AvgIpc) is 2.03. The Labute approximate surface area is 76.9 Å². The highest BCUT2D eigenvalue weighted by Crippen LogP contribution is 2.12. The predicted octanol–water partition coefficient (Wildman–Crippen LogP) is 1.37. The maximum absolute atomic E-state index is 9.00. The maximum atomic E-state index is 9.00. The number of methoxy groups -OCH3 is 1. The minimum Gasteiger partial charge on any atom is -0.497 e. The Hall–Kier alpha value is -1.71. The SMILES string of the molecule is CC(=O)O.COc1cccc(N)c1. The highest BCUT2D eigenvalue weighted by atomic mass is 16.5. The van der Waals surface area contributed by atoms with Crippen LogP contribution in [0.2, 0.25) is 0 Å². The minimum absolute atomic E-state index is 0.731. The lowest BCUT2D eigenvalue weighted by Gasteiger charge is -1.97. The molecule has 0 fully saturated rings. The Balaban J connectivity index is 0.000000310. The van der Waals surface area contributed by atoms with Gasteiger partial charge in [-0.15, -0.1) is 0 Å². The number of ether oxygens (including phenoxy) is 1. The third-order valence-electron chi connectivity index (χ3n) is 1.09. The first-order valence-corrected chi connectivity index (χ1v) is 3.65. The molecule has 72 valence electrons. The number of anilines is 1. The normalized spacial score (nSPS) is 8.15. The third-order valence-corrected chi connectivity index (χ3v) is 1.09. The molecule has 0 aliphatic rings. The fourth-order valence-electron chi connectivity index (χ4n) is 0.642. The molecule has 3 N–H and O–H groups in total. The molecule has 0 saturated carbocycles. The van der Waals surface area contributed by atoms with Crippen LogP contribution in [0, 0.1) is 0 Å². The predicted molar refractivity (Wildman–Crippen MR) is 50.7 cm³/mol. The van der Waals surface area contributed by atoms with Gasteiger partial charge in [0.2, 0.25) is 0 Å². The van der Waals surface area contributed by atoms with Gasteiger partial charge in [-0.2, -0.15) is 0 Å². The molecule has 0 radical (unpaired) electrons. The van der Waals surface area contributed by atoms with Crippen molar-refractivity contribution in [1.82, 2.24) is 0 Å². The average molecular weight is 183 g/mol. The van der Waals surface area contributed by atoms with Crippen molar-refractivity contribution in [2.45, 2.75) is 6.92 Å². The molecule has 1 aromatic rings. The Morgan fingerprint density at radius 3 is 2.38 bits per heavy atom. The van der Waals surface area contributed by atoms with E-state index < -0.39 is 5.97 Å². The van der Waals surface area contributed by atoms with Gasteiger partial charge in [0.05, 0.1) is 7.11 Å². The van der Waals surface area contributed by atoms with Gasteiger partial charge in [0.15, 0.2) is 0 Å². The second-order valence-electron chi connectivity index (χ2n) is 2.30. The summed E-state index contributed by atoms with van der Waals surface area (Å²) in [5.74, 6) is -0.0324. The summed E-state index contributed by atoms with van der Waals surface area (Å²) in [5.41, 5.74) is 6.19. The van der Waals surface area contributed by atoms with Gasteiger partial charge in [0.1, 0.15) is 5.75 Å². The van der Waals surface area contributed by atoms with E-state index in [9.17, 15) is 0 Å². The zero-order valence-electron chi connectivity index (χ0n) is 7.65. The van der Waals surface area contributed by atoms with Crippen LogP contribution in [0.15, 0.2) is 24.3 Å². The van der Waals surface area contributed by atoms with Crippen molar-refractivity contribution < 1.29 is 14.6 Å². The van der Waals surface area contributed by atoms with Gasteiger partial charge in [-0.05, 0) is 12.1 Å². The first-order chi connectivity index (χ1) is 6.06. The zero-order chi connectivity index (χ0) is 10.3. The van der Waals surface area contributed by atoms with E-state index in [1.807, 2.05) is 18.2 Å². The summed E-state index contributed by atoms with van der Waals surface area (Å²) in [6, 6.07) is 7.31. The monoisotopic (exact) mass is 183 g/mol. The quantitative estimate of drug-likeness (QED) is 0.645. The lowest BCUT2D eigenvalue weighted by Crippen LogP contribution is -1.86. The summed E-state index contributed by atoms with van der Waals surface area (Å²) in [6.07, 6.45) is 0. The Bertz CT molecular complexity index is 269. The molecule has 4 heteroatoms. The zero-order valence-corrected chi connectivity index (χ0v) is 7.65. The highest BCUT2D eigenvalue weighted by Gasteiger charge is 1.87. The van der Waals surface area contributed by atoms with E-state index in [1.165, 1.54) is 0 Å². The molecule has 0 bridgehead atoms. The van der Waals surface area contributed by atoms with Crippen LogP contribution >= 0.6 is 0 Å². The van der Waals surface area contributed by atoms with Crippen molar-refractivity contribution in [3.8, 4) is 5.75 Å². The summed E-state index contributed by atoms with van der Waals surface area (Å²) in [7, 11) is 1.62. The first kappa shape index (κ1) is 11.3. The lowest BCUT2D eigenvalue weighted by molar-refractivity contribution is -0.134. The van der Waals surface area contributed by atoms with Crippen molar-refractivity contribution >= 4 is 11.7 Å². The molecular formula is C9H13NO3. The molecule has 0 aliphatic carbocycles. The first-order valence-electron chi connectivity index (χ1n) is 3.65. The second-order valence-corrected chi connectivity index (χ2v) is 2.30. The van der Waals surface area contributed by atoms with Crippen molar-refractivity contribution in [2.75, 3.05) is 12.8 Å². The van der Waals surface area contributed by atoms with E-state index in [4.69, 9.17) is 20.4 Å². The molecule has 0 aliphatic heterocycles. The van der Waals surface area contributed by atoms with Crippen molar-refractivity contribution in [1.29, 1.82) is 0 Å². The number of aliphatic carboxylic acids is 1. The maximum Gasteiger partial charge on any atom is 0.300 e. The molecule has 1 rings (SSSR count). The number of nitrogens with two attached hydrogens (primary N) is 1. The van der Waals surface area contributed by atoms with Gasteiger partial charge in [-0.25, -0.2) is 0 Å². The van der Waals surface area contributed by atoms with E-state index in [-0.39, 0.29) is 0 Å². The number of carbonyl (C=O) groups is 1. The van der Waals surface area contributed by atoms with Crippen LogP contribution in [0.3, 0.4) is 0 Å². The van der Waals surface area contributed by atoms with Crippen LogP contribution in [-0.4, -0.2) is 18.2 Å². The summed E-state index contributed by atoms with van der Waals surface area (Å²) in [5, 5.41) is 7.42. The number of rotatable bonds is 1. The van der Waals surface area contributed by atoms with Gasteiger partial charge >= 0.3 is 0 Å². The fraction of sp³-hybridized carbons (Fsp3) is 0.222. The number of hydrogen-bond donors (Lipinski definition) is 2. The number of carboxylic acid groups (broad SMARTS) is 1. The topological polar surface area (TPSA) is 72.5 Å². The smallest absolute Gasteiger partial charge is 0.300 e. The summed E-state index contributed by atoms with van der Waals surface area (Å²) in [6.45, 7) is 1.08. The number of carboxylic acids is 1. The number of hydrogen-bond acceptors (Lipinski definition) is 3. The molecule has 0 amide bonds. The highest BCUT2D eigenvalue weighted by molar-refractivity contribution is 5.62. The summed E-state index contributed by atoms with van der Waals surface area (Å²) < 4.78 is 4.92. The molecule has 4 nitrogen and oxygen atoms in total.